The molecule has 340 valence electrons. The normalized spacial score (nSPS) is 19.2. The van der Waals surface area contributed by atoms with E-state index in [1.54, 1.807) is 48.7 Å². The number of nitrogens with zero attached hydrogens (tertiary/aromatic N) is 2. The van der Waals surface area contributed by atoms with Gasteiger partial charge in [0.1, 0.15) is 5.75 Å². The van der Waals surface area contributed by atoms with E-state index in [1.807, 2.05) is 60.7 Å². The molecular formula is C50H48F6N2O6Si. The number of anilines is 1. The number of hydrogen-bond donors (Lipinski definition) is 3. The van der Waals surface area contributed by atoms with E-state index in [1.165, 1.54) is 6.07 Å². The van der Waals surface area contributed by atoms with E-state index < -0.39 is 84.8 Å². The number of aliphatic hydroxyl groups is 2. The number of pyridine rings is 1. The van der Waals surface area contributed by atoms with Gasteiger partial charge in [-0.15, -0.1) is 0 Å². The number of phenols is 1. The molecule has 1 aliphatic heterocycles. The second kappa shape index (κ2) is 18.5. The number of allylic oxidation sites excluding steroid dienone is 1. The van der Waals surface area contributed by atoms with Gasteiger partial charge in [-0.3, -0.25) is 14.6 Å². The van der Waals surface area contributed by atoms with E-state index in [0.717, 1.165) is 10.4 Å². The fourth-order valence-electron chi connectivity index (χ4n) is 9.46. The van der Waals surface area contributed by atoms with Gasteiger partial charge in [-0.25, -0.2) is 4.90 Å². The summed E-state index contributed by atoms with van der Waals surface area (Å²) in [7, 11) is -3.33. The zero-order chi connectivity index (χ0) is 46.9. The highest BCUT2D eigenvalue weighted by Gasteiger charge is 2.57. The Hall–Kier alpha value is -5.87. The molecule has 1 aliphatic carbocycles. The Morgan fingerprint density at radius 1 is 0.815 bits per heavy atom. The molecule has 5 aromatic rings. The number of benzene rings is 4. The van der Waals surface area contributed by atoms with E-state index in [9.17, 15) is 51.3 Å². The van der Waals surface area contributed by atoms with E-state index in [2.05, 4.69) is 25.8 Å². The van der Waals surface area contributed by atoms with Crippen molar-refractivity contribution in [3.63, 3.8) is 0 Å². The van der Waals surface area contributed by atoms with Crippen molar-refractivity contribution in [2.75, 3.05) is 18.1 Å². The number of carbonyl (C=O) groups is 2. The number of imide groups is 1. The smallest absolute Gasteiger partial charge is 0.416 e. The minimum absolute atomic E-state index is 0.0123. The second-order valence-electron chi connectivity index (χ2n) is 17.4. The molecular weight excluding hydrogens is 867 g/mol. The Morgan fingerprint density at radius 3 is 1.94 bits per heavy atom. The molecule has 2 amide bonds. The molecule has 1 aromatic heterocycles. The van der Waals surface area contributed by atoms with Crippen LogP contribution >= 0.6 is 0 Å². The van der Waals surface area contributed by atoms with Crippen LogP contribution in [0.4, 0.5) is 32.0 Å². The van der Waals surface area contributed by atoms with Crippen molar-refractivity contribution in [1.82, 2.24) is 4.98 Å². The van der Waals surface area contributed by atoms with Gasteiger partial charge in [0.05, 0.1) is 53.7 Å². The number of fused-ring (bicyclic) bond motifs is 1. The van der Waals surface area contributed by atoms with Gasteiger partial charge in [-0.2, -0.15) is 26.3 Å². The van der Waals surface area contributed by atoms with Crippen LogP contribution in [0.5, 0.6) is 5.75 Å². The minimum Gasteiger partial charge on any atom is -0.508 e. The second-order valence-corrected chi connectivity index (χ2v) is 21.8. The number of rotatable bonds is 13. The van der Waals surface area contributed by atoms with E-state index in [0.29, 0.717) is 39.4 Å². The van der Waals surface area contributed by atoms with E-state index in [-0.39, 0.29) is 43.3 Å². The van der Waals surface area contributed by atoms with Crippen LogP contribution in [0.3, 0.4) is 0 Å². The van der Waals surface area contributed by atoms with Gasteiger partial charge in [0, 0.05) is 12.1 Å². The van der Waals surface area contributed by atoms with Gasteiger partial charge in [-0.1, -0.05) is 99.6 Å². The van der Waals surface area contributed by atoms with E-state index >= 15 is 0 Å². The van der Waals surface area contributed by atoms with Crippen molar-refractivity contribution in [3.8, 4) is 5.75 Å². The van der Waals surface area contributed by atoms with Gasteiger partial charge < -0.3 is 19.7 Å². The summed E-state index contributed by atoms with van der Waals surface area (Å²) in [5.41, 5.74) is -1.85. The summed E-state index contributed by atoms with van der Waals surface area (Å²) < 4.78 is 91.6. The Bertz CT molecular complexity index is 2510. The molecule has 15 heteroatoms. The first-order valence-electron chi connectivity index (χ1n) is 21.1. The lowest BCUT2D eigenvalue weighted by Crippen LogP contribution is -2.66. The average Bonchev–Trinajstić information content (AvgIpc) is 3.52. The van der Waals surface area contributed by atoms with Crippen molar-refractivity contribution in [1.29, 1.82) is 0 Å². The zero-order valence-electron chi connectivity index (χ0n) is 35.8. The summed E-state index contributed by atoms with van der Waals surface area (Å²) in [6, 6.07) is 31.7. The predicted octanol–water partition coefficient (Wildman–Crippen LogP) is 9.20. The van der Waals surface area contributed by atoms with Gasteiger partial charge in [0.25, 0.3) is 8.32 Å². The van der Waals surface area contributed by atoms with Gasteiger partial charge in [-0.05, 0) is 105 Å². The molecule has 7 rings (SSSR count). The first-order chi connectivity index (χ1) is 30.7. The molecule has 4 aromatic carbocycles. The molecule has 2 heterocycles. The highest BCUT2D eigenvalue weighted by atomic mass is 28.4. The fourth-order valence-corrected chi connectivity index (χ4v) is 14.0. The number of halogens is 6. The highest BCUT2D eigenvalue weighted by molar-refractivity contribution is 6.99. The number of aromatic nitrogens is 1. The van der Waals surface area contributed by atoms with Crippen molar-refractivity contribution in [2.24, 2.45) is 17.8 Å². The number of alkyl halides is 6. The van der Waals surface area contributed by atoms with Crippen molar-refractivity contribution < 1.29 is 55.7 Å². The lowest BCUT2D eigenvalue weighted by atomic mass is 9.68. The third kappa shape index (κ3) is 9.60. The van der Waals surface area contributed by atoms with Crippen LogP contribution in [0.2, 0.25) is 5.04 Å². The molecule has 8 nitrogen and oxygen atoms in total. The van der Waals surface area contributed by atoms with E-state index in [4.69, 9.17) is 4.43 Å². The molecule has 0 saturated carbocycles. The standard InChI is InChI=1S/C50H48F6N2O6Si/c1-48(2,3)65(38-15-6-4-7-16-38,39-17-8-5-9-18-39)64-30-33-25-40-45(47(63)58(46(40)62)36-27-34(49(51,52)53)26-35(28-36)50(54,55)56)41(29-59)44(33)43(61)21-20-32(42-19-10-11-22-57-42)23-31-13-12-14-37(60)24-31/h4-19,22-24,26-28,40-41,43,45,59-61H,20-21,25,29-30H2,1-3H3/b32-23-/t40-,41+,43-,45-/m1/s1. The van der Waals surface area contributed by atoms with Crippen LogP contribution in [0.1, 0.15) is 62.4 Å². The zero-order valence-corrected chi connectivity index (χ0v) is 36.8. The molecule has 0 spiro atoms. The molecule has 65 heavy (non-hydrogen) atoms. The number of amides is 2. The van der Waals surface area contributed by atoms with Crippen molar-refractivity contribution in [2.45, 2.75) is 63.5 Å². The monoisotopic (exact) mass is 914 g/mol. The maximum absolute atomic E-state index is 14.5. The minimum atomic E-state index is -5.25. The maximum atomic E-state index is 14.5. The van der Waals surface area contributed by atoms with Crippen molar-refractivity contribution >= 4 is 47.8 Å². The van der Waals surface area contributed by atoms with Gasteiger partial charge in [0.15, 0.2) is 0 Å². The molecule has 4 atom stereocenters. The number of carbonyl (C=O) groups excluding carboxylic acids is 2. The largest absolute Gasteiger partial charge is 0.508 e. The Labute approximate surface area is 373 Å². The molecule has 0 bridgehead atoms. The lowest BCUT2D eigenvalue weighted by Gasteiger charge is -2.44. The van der Waals surface area contributed by atoms with Crippen molar-refractivity contribution in [3.05, 3.63) is 161 Å². The summed E-state index contributed by atoms with van der Waals surface area (Å²) in [4.78, 5) is 33.8. The molecule has 0 radical (unpaired) electrons. The summed E-state index contributed by atoms with van der Waals surface area (Å²) in [5.74, 6) is -6.16. The summed E-state index contributed by atoms with van der Waals surface area (Å²) in [6.07, 6.45) is -8.58. The highest BCUT2D eigenvalue weighted by Crippen LogP contribution is 2.49. The van der Waals surface area contributed by atoms with Gasteiger partial charge >= 0.3 is 12.4 Å². The SMILES string of the molecule is CC(C)(C)[Si](OCC1=C([C@H](O)CC/C(=C/c2cccc(O)c2)c2ccccn2)[C@H](CO)[C@@H]2C(=O)N(c3cc(C(F)(F)F)cc(C(F)(F)F)c3)C(=O)[C@@H]2C1)(c1ccccc1)c1ccccc1. The lowest BCUT2D eigenvalue weighted by molar-refractivity contribution is -0.143. The Morgan fingerprint density at radius 2 is 1.42 bits per heavy atom. The van der Waals surface area contributed by atoms with Crippen LogP contribution in [-0.2, 0) is 26.4 Å². The third-order valence-electron chi connectivity index (χ3n) is 12.3. The van der Waals surface area contributed by atoms with Crippen LogP contribution in [0, 0.1) is 17.8 Å². The Balaban J connectivity index is 1.34. The average molecular weight is 915 g/mol. The molecule has 1 saturated heterocycles. The van der Waals surface area contributed by atoms with Crippen LogP contribution < -0.4 is 15.3 Å². The molecule has 2 aliphatic rings. The molecule has 3 N–H and O–H groups in total. The first kappa shape index (κ1) is 47.1. The van der Waals surface area contributed by atoms with Crippen LogP contribution in [0.15, 0.2) is 139 Å². The summed E-state index contributed by atoms with van der Waals surface area (Å²) in [6.45, 7) is 5.16. The molecule has 0 unspecified atom stereocenters. The molecule has 1 fully saturated rings. The maximum Gasteiger partial charge on any atom is 0.416 e. The number of aromatic hydroxyl groups is 1. The number of aliphatic hydroxyl groups excluding tert-OH is 2. The Kier molecular flexibility index (Phi) is 13.4. The summed E-state index contributed by atoms with van der Waals surface area (Å²) in [5, 5.41) is 35.1. The number of phenolic OH excluding ortho intramolecular Hbond substituents is 1. The predicted molar refractivity (Wildman–Crippen MR) is 237 cm³/mol. The summed E-state index contributed by atoms with van der Waals surface area (Å²) >= 11 is 0. The van der Waals surface area contributed by atoms with Gasteiger partial charge in [0.2, 0.25) is 11.8 Å². The number of hydrogen-bond acceptors (Lipinski definition) is 7. The quantitative estimate of drug-likeness (QED) is 0.0467. The van der Waals surface area contributed by atoms with Crippen LogP contribution in [-0.4, -0.2) is 59.8 Å². The topological polar surface area (TPSA) is 120 Å². The first-order valence-corrected chi connectivity index (χ1v) is 23.0. The van der Waals surface area contributed by atoms with Crippen LogP contribution in [0.25, 0.3) is 11.6 Å². The third-order valence-corrected chi connectivity index (χ3v) is 17.3. The fraction of sp³-hybridized carbons (Fsp3) is 0.300.